The first kappa shape index (κ1) is 37.2. The van der Waals surface area contributed by atoms with E-state index in [1.807, 2.05) is 5.32 Å². The largest absolute Gasteiger partial charge is 0.464 e. The quantitative estimate of drug-likeness (QED) is 0.115. The SMILES string of the molecule is CC(C)(COC(=O)C(C)(C)SCCCC(F)(F)F)C(=N)CC(=O)NC(=O)C(C)(C)S(=O)(=O)CCCC(F)(F)F. The molecule has 0 aromatic carbocycles. The highest BCUT2D eigenvalue weighted by Crippen LogP contribution is 2.31. The Hall–Kier alpha value is -1.84. The van der Waals surface area contributed by atoms with Crippen LogP contribution in [0.15, 0.2) is 0 Å². The monoisotopic (exact) mass is 614 g/mol. The number of hydrogen-bond donors (Lipinski definition) is 2. The summed E-state index contributed by atoms with van der Waals surface area (Å²) >= 11 is 0.979. The Bertz CT molecular complexity index is 1010. The predicted molar refractivity (Wildman–Crippen MR) is 135 cm³/mol. The number of sulfone groups is 1. The summed E-state index contributed by atoms with van der Waals surface area (Å²) in [5.41, 5.74) is -1.48. The Labute approximate surface area is 228 Å². The van der Waals surface area contributed by atoms with Crippen LogP contribution in [-0.2, 0) is 29.0 Å². The number of alkyl halides is 6. The van der Waals surface area contributed by atoms with Crippen LogP contribution in [0.2, 0.25) is 0 Å². The molecular weight excluding hydrogens is 578 g/mol. The number of thioether (sulfide) groups is 1. The van der Waals surface area contributed by atoms with Gasteiger partial charge in [-0.3, -0.25) is 19.7 Å². The number of carbonyl (C=O) groups excluding carboxylic acids is 3. The van der Waals surface area contributed by atoms with Crippen LogP contribution in [0.4, 0.5) is 26.3 Å². The Morgan fingerprint density at radius 2 is 1.36 bits per heavy atom. The molecule has 0 saturated carbocycles. The molecule has 2 N–H and O–H groups in total. The summed E-state index contributed by atoms with van der Waals surface area (Å²) in [6.45, 7) is 7.43. The zero-order valence-electron chi connectivity index (χ0n) is 22.7. The van der Waals surface area contributed by atoms with Crippen molar-refractivity contribution in [3.63, 3.8) is 0 Å². The molecule has 39 heavy (non-hydrogen) atoms. The molecule has 0 aliphatic carbocycles. The minimum atomic E-state index is -4.56. The topological polar surface area (TPSA) is 130 Å². The molecule has 0 heterocycles. The second kappa shape index (κ2) is 13.7. The molecule has 0 atom stereocenters. The van der Waals surface area contributed by atoms with E-state index in [2.05, 4.69) is 0 Å². The number of nitrogens with one attached hydrogen (secondary N) is 2. The highest BCUT2D eigenvalue weighted by Gasteiger charge is 2.43. The van der Waals surface area contributed by atoms with Crippen molar-refractivity contribution in [2.24, 2.45) is 5.41 Å². The number of amides is 2. The maximum absolute atomic E-state index is 12.5. The van der Waals surface area contributed by atoms with Gasteiger partial charge in [-0.1, -0.05) is 13.8 Å². The maximum Gasteiger partial charge on any atom is 0.389 e. The molecule has 228 valence electrons. The fourth-order valence-corrected chi connectivity index (χ4v) is 5.09. The molecular formula is C23H36F6N2O6S2. The lowest BCUT2D eigenvalue weighted by Crippen LogP contribution is -2.51. The Kier molecular flexibility index (Phi) is 13.0. The summed E-state index contributed by atoms with van der Waals surface area (Å²) < 4.78 is 101. The van der Waals surface area contributed by atoms with E-state index in [0.717, 1.165) is 25.6 Å². The second-order valence-electron chi connectivity index (χ2n) is 10.6. The Morgan fingerprint density at radius 3 is 1.85 bits per heavy atom. The number of halogens is 6. The first-order valence-electron chi connectivity index (χ1n) is 11.8. The fourth-order valence-electron chi connectivity index (χ4n) is 2.75. The fraction of sp³-hybridized carbons (Fsp3) is 0.826. The van der Waals surface area contributed by atoms with E-state index in [4.69, 9.17) is 10.1 Å². The van der Waals surface area contributed by atoms with Crippen molar-refractivity contribution >= 4 is 45.1 Å². The molecule has 0 bridgehead atoms. The van der Waals surface area contributed by atoms with Gasteiger partial charge in [-0.25, -0.2) is 8.42 Å². The summed E-state index contributed by atoms with van der Waals surface area (Å²) in [5.74, 6) is -3.91. The average Bonchev–Trinajstić information content (AvgIpc) is 2.72. The van der Waals surface area contributed by atoms with Gasteiger partial charge in [-0.05, 0) is 46.3 Å². The highest BCUT2D eigenvalue weighted by molar-refractivity contribution is 8.01. The van der Waals surface area contributed by atoms with Crippen molar-refractivity contribution in [1.29, 1.82) is 5.41 Å². The summed E-state index contributed by atoms with van der Waals surface area (Å²) in [6, 6.07) is 0. The lowest BCUT2D eigenvalue weighted by Gasteiger charge is -2.28. The van der Waals surface area contributed by atoms with Crippen molar-refractivity contribution in [1.82, 2.24) is 5.32 Å². The van der Waals surface area contributed by atoms with E-state index in [0.29, 0.717) is 0 Å². The van der Waals surface area contributed by atoms with Crippen LogP contribution in [0.25, 0.3) is 0 Å². The lowest BCUT2D eigenvalue weighted by molar-refractivity contribution is -0.147. The summed E-state index contributed by atoms with van der Waals surface area (Å²) in [5, 5.41) is 10.0. The Morgan fingerprint density at radius 1 is 0.872 bits per heavy atom. The number of ether oxygens (including phenoxy) is 1. The van der Waals surface area contributed by atoms with E-state index < -0.39 is 86.3 Å². The predicted octanol–water partition coefficient (Wildman–Crippen LogP) is 5.00. The lowest BCUT2D eigenvalue weighted by atomic mass is 9.86. The first-order chi connectivity index (χ1) is 17.2. The van der Waals surface area contributed by atoms with E-state index in [1.54, 1.807) is 0 Å². The van der Waals surface area contributed by atoms with E-state index >= 15 is 0 Å². The maximum atomic E-state index is 12.5. The molecule has 0 unspecified atom stereocenters. The zero-order chi connectivity index (χ0) is 31.1. The van der Waals surface area contributed by atoms with Crippen molar-refractivity contribution < 1.29 is 53.9 Å². The van der Waals surface area contributed by atoms with Crippen LogP contribution in [0, 0.1) is 10.8 Å². The normalized spacial score (nSPS) is 13.6. The summed E-state index contributed by atoms with van der Waals surface area (Å²) in [6.07, 6.45) is -12.8. The van der Waals surface area contributed by atoms with Gasteiger partial charge in [0.05, 0.1) is 12.2 Å². The van der Waals surface area contributed by atoms with Crippen LogP contribution in [0.1, 0.15) is 73.6 Å². The zero-order valence-corrected chi connectivity index (χ0v) is 24.3. The number of imide groups is 1. The molecule has 0 aromatic heterocycles. The molecule has 0 aliphatic heterocycles. The molecule has 0 radical (unpaired) electrons. The average molecular weight is 615 g/mol. The third kappa shape index (κ3) is 13.4. The molecule has 0 spiro atoms. The van der Waals surface area contributed by atoms with Gasteiger partial charge in [0.25, 0.3) is 0 Å². The number of carbonyl (C=O) groups is 3. The van der Waals surface area contributed by atoms with Gasteiger partial charge in [-0.15, -0.1) is 11.8 Å². The van der Waals surface area contributed by atoms with Gasteiger partial charge < -0.3 is 10.1 Å². The molecule has 8 nitrogen and oxygen atoms in total. The van der Waals surface area contributed by atoms with Crippen LogP contribution in [-0.4, -0.2) is 71.9 Å². The summed E-state index contributed by atoms with van der Waals surface area (Å²) in [7, 11) is -4.37. The molecule has 0 aliphatic rings. The molecule has 0 aromatic rings. The van der Waals surface area contributed by atoms with Crippen molar-refractivity contribution in [2.75, 3.05) is 18.1 Å². The van der Waals surface area contributed by atoms with Gasteiger partial charge in [-0.2, -0.15) is 26.3 Å². The van der Waals surface area contributed by atoms with E-state index in [-0.39, 0.29) is 24.5 Å². The van der Waals surface area contributed by atoms with Crippen molar-refractivity contribution in [2.45, 2.75) is 95.5 Å². The van der Waals surface area contributed by atoms with Crippen molar-refractivity contribution in [3.8, 4) is 0 Å². The number of rotatable bonds is 15. The van der Waals surface area contributed by atoms with Crippen LogP contribution in [0.5, 0.6) is 0 Å². The van der Waals surface area contributed by atoms with E-state index in [9.17, 15) is 49.1 Å². The smallest absolute Gasteiger partial charge is 0.389 e. The van der Waals surface area contributed by atoms with Crippen LogP contribution < -0.4 is 5.32 Å². The minimum absolute atomic E-state index is 0.0589. The van der Waals surface area contributed by atoms with Crippen molar-refractivity contribution in [3.05, 3.63) is 0 Å². The van der Waals surface area contributed by atoms with Gasteiger partial charge in [0, 0.05) is 24.0 Å². The molecule has 0 rings (SSSR count). The van der Waals surface area contributed by atoms with Crippen LogP contribution >= 0.6 is 11.8 Å². The van der Waals surface area contributed by atoms with Gasteiger partial charge in [0.1, 0.15) is 16.1 Å². The minimum Gasteiger partial charge on any atom is -0.464 e. The molecule has 16 heteroatoms. The molecule has 2 amide bonds. The second-order valence-corrected chi connectivity index (χ2v) is 15.0. The molecule has 0 fully saturated rings. The van der Waals surface area contributed by atoms with E-state index in [1.165, 1.54) is 27.7 Å². The molecule has 0 saturated heterocycles. The summed E-state index contributed by atoms with van der Waals surface area (Å²) in [4.78, 5) is 37.2. The van der Waals surface area contributed by atoms with Gasteiger partial charge in [0.2, 0.25) is 11.8 Å². The van der Waals surface area contributed by atoms with Gasteiger partial charge in [0.15, 0.2) is 9.84 Å². The highest BCUT2D eigenvalue weighted by atomic mass is 32.2. The number of hydrogen-bond acceptors (Lipinski definition) is 8. The van der Waals surface area contributed by atoms with Crippen LogP contribution in [0.3, 0.4) is 0 Å². The number of esters is 1. The Balaban J connectivity index is 4.95. The third-order valence-electron chi connectivity index (χ3n) is 5.73. The first-order valence-corrected chi connectivity index (χ1v) is 14.5. The standard InChI is InChI=1S/C23H36F6N2O6S2/c1-19(2,14-37-18(34)20(3,4)38-11-7-9-22(24,25)26)15(30)13-16(32)31-17(33)21(5,6)39(35,36)12-8-10-23(27,28)29/h30H,7-14H2,1-6H3,(H,31,32,33). The van der Waals surface area contributed by atoms with Gasteiger partial charge >= 0.3 is 18.3 Å². The third-order valence-corrected chi connectivity index (χ3v) is 9.68.